The van der Waals surface area contributed by atoms with E-state index in [0.717, 1.165) is 29.7 Å². The average Bonchev–Trinajstić information content (AvgIpc) is 3.35. The van der Waals surface area contributed by atoms with Crippen molar-refractivity contribution in [3.05, 3.63) is 68.2 Å². The fourth-order valence-electron chi connectivity index (χ4n) is 5.16. The summed E-state index contributed by atoms with van der Waals surface area (Å²) < 4.78 is 16.9. The lowest BCUT2D eigenvalue weighted by atomic mass is 9.90. The van der Waals surface area contributed by atoms with Crippen LogP contribution in [0.4, 0.5) is 4.39 Å². The Morgan fingerprint density at radius 2 is 1.89 bits per heavy atom. The first kappa shape index (κ1) is 23.6. The molecule has 1 aliphatic carbocycles. The molecule has 1 atom stereocenters. The molecule has 3 aromatic rings. The summed E-state index contributed by atoms with van der Waals surface area (Å²) in [5, 5.41) is 13.2. The van der Waals surface area contributed by atoms with E-state index in [9.17, 15) is 23.9 Å². The molecule has 1 saturated carbocycles. The molecule has 1 saturated heterocycles. The Kier molecular flexibility index (Phi) is 6.39. The number of nitrogens with one attached hydrogen (secondary N) is 1. The van der Waals surface area contributed by atoms with Crippen molar-refractivity contribution >= 4 is 28.7 Å². The molecular formula is C25H27FN4O4S. The van der Waals surface area contributed by atoms with Crippen molar-refractivity contribution in [1.82, 2.24) is 19.4 Å². The quantitative estimate of drug-likeness (QED) is 0.572. The van der Waals surface area contributed by atoms with Crippen LogP contribution in [0.5, 0.6) is 5.75 Å². The van der Waals surface area contributed by atoms with E-state index in [1.807, 2.05) is 6.92 Å². The topological polar surface area (TPSA) is 106 Å². The molecule has 2 fully saturated rings. The maximum absolute atomic E-state index is 14.0. The number of carbonyl (C=O) groups is 1. The number of rotatable bonds is 4. The van der Waals surface area contributed by atoms with E-state index in [1.165, 1.54) is 10.6 Å². The van der Waals surface area contributed by atoms with Crippen LogP contribution in [-0.2, 0) is 0 Å². The van der Waals surface area contributed by atoms with E-state index in [2.05, 4.69) is 10.3 Å². The third-order valence-corrected chi connectivity index (χ3v) is 8.13. The van der Waals surface area contributed by atoms with Crippen LogP contribution >= 0.6 is 11.8 Å². The predicted molar refractivity (Wildman–Crippen MR) is 133 cm³/mol. The molecule has 2 aromatic heterocycles. The minimum Gasteiger partial charge on any atom is -0.507 e. The van der Waals surface area contributed by atoms with Crippen molar-refractivity contribution in [2.75, 3.05) is 11.5 Å². The number of aromatic hydroxyl groups is 1. The predicted octanol–water partition coefficient (Wildman–Crippen LogP) is 3.30. The summed E-state index contributed by atoms with van der Waals surface area (Å²) in [5.41, 5.74) is 0.402. The summed E-state index contributed by atoms with van der Waals surface area (Å²) in [6.07, 6.45) is 4.04. The normalized spacial score (nSPS) is 22.4. The summed E-state index contributed by atoms with van der Waals surface area (Å²) in [5.74, 6) is 0.636. The van der Waals surface area contributed by atoms with E-state index in [1.54, 1.807) is 34.5 Å². The van der Waals surface area contributed by atoms with Gasteiger partial charge >= 0.3 is 5.69 Å². The van der Waals surface area contributed by atoms with Crippen LogP contribution in [0.2, 0.25) is 0 Å². The van der Waals surface area contributed by atoms with Gasteiger partial charge in [0.25, 0.3) is 11.5 Å². The van der Waals surface area contributed by atoms with Gasteiger partial charge in [0.05, 0.1) is 23.2 Å². The third-order valence-electron chi connectivity index (χ3n) is 6.99. The lowest BCUT2D eigenvalue weighted by Gasteiger charge is -2.30. The molecule has 2 aliphatic rings. The molecule has 10 heteroatoms. The summed E-state index contributed by atoms with van der Waals surface area (Å²) in [7, 11) is 0. The largest absolute Gasteiger partial charge is 0.507 e. The van der Waals surface area contributed by atoms with Crippen LogP contribution in [0.1, 0.15) is 60.1 Å². The highest BCUT2D eigenvalue weighted by Crippen LogP contribution is 2.31. The molecule has 1 unspecified atom stereocenters. The second kappa shape index (κ2) is 9.49. The summed E-state index contributed by atoms with van der Waals surface area (Å²) >= 11 is 1.74. The molecule has 35 heavy (non-hydrogen) atoms. The molecule has 2 N–H and O–H groups in total. The highest BCUT2D eigenvalue weighted by Gasteiger charge is 2.30. The first-order chi connectivity index (χ1) is 16.8. The second-order valence-corrected chi connectivity index (χ2v) is 10.5. The van der Waals surface area contributed by atoms with Crippen LogP contribution in [0.3, 0.4) is 0 Å². The molecule has 5 rings (SSSR count). The fraction of sp³-hybridized carbons (Fsp3) is 0.440. The molecule has 0 radical (unpaired) electrons. The van der Waals surface area contributed by atoms with Gasteiger partial charge in [0.15, 0.2) is 0 Å². The van der Waals surface area contributed by atoms with Gasteiger partial charge in [-0.1, -0.05) is 6.07 Å². The number of aromatic nitrogens is 3. The SMILES string of the molecule is Cc1ccc(C(=O)N[C@H]2CC[C@@H](n3c(=O)c4cc(F)cnc4n(C4CCSC4)c3=O)CC2)c(O)c1. The van der Waals surface area contributed by atoms with Gasteiger partial charge in [-0.3, -0.25) is 18.7 Å². The van der Waals surface area contributed by atoms with Gasteiger partial charge in [-0.2, -0.15) is 11.8 Å². The van der Waals surface area contributed by atoms with Gasteiger partial charge in [-0.25, -0.2) is 14.2 Å². The van der Waals surface area contributed by atoms with Gasteiger partial charge in [-0.15, -0.1) is 0 Å². The van der Waals surface area contributed by atoms with Crippen molar-refractivity contribution in [1.29, 1.82) is 0 Å². The summed E-state index contributed by atoms with van der Waals surface area (Å²) in [6, 6.07) is 5.51. The van der Waals surface area contributed by atoms with E-state index in [0.29, 0.717) is 25.7 Å². The van der Waals surface area contributed by atoms with Crippen molar-refractivity contribution in [3.8, 4) is 5.75 Å². The maximum atomic E-state index is 14.0. The van der Waals surface area contributed by atoms with Crippen molar-refractivity contribution in [2.45, 2.75) is 57.2 Å². The van der Waals surface area contributed by atoms with Crippen molar-refractivity contribution in [2.24, 2.45) is 0 Å². The molecule has 1 amide bonds. The highest BCUT2D eigenvalue weighted by molar-refractivity contribution is 7.99. The van der Waals surface area contributed by atoms with Crippen LogP contribution in [0.25, 0.3) is 11.0 Å². The summed E-state index contributed by atoms with van der Waals surface area (Å²) in [4.78, 5) is 43.7. The Balaban J connectivity index is 1.40. The lowest BCUT2D eigenvalue weighted by Crippen LogP contribution is -2.46. The highest BCUT2D eigenvalue weighted by atomic mass is 32.2. The van der Waals surface area contributed by atoms with Crippen LogP contribution in [0.15, 0.2) is 40.1 Å². The third kappa shape index (κ3) is 4.47. The lowest BCUT2D eigenvalue weighted by molar-refractivity contribution is 0.0919. The van der Waals surface area contributed by atoms with Gasteiger partial charge in [-0.05, 0) is 68.5 Å². The minimum atomic E-state index is -0.613. The first-order valence-corrected chi connectivity index (χ1v) is 13.0. The zero-order valence-corrected chi connectivity index (χ0v) is 20.2. The summed E-state index contributed by atoms with van der Waals surface area (Å²) in [6.45, 7) is 1.83. The number of phenols is 1. The van der Waals surface area contributed by atoms with Crippen LogP contribution < -0.4 is 16.6 Å². The number of hydrogen-bond donors (Lipinski definition) is 2. The molecule has 184 valence electrons. The second-order valence-electron chi connectivity index (χ2n) is 9.37. The molecule has 0 spiro atoms. The maximum Gasteiger partial charge on any atom is 0.333 e. The number of phenolic OH excluding ortho intramolecular Hbond substituents is 1. The average molecular weight is 499 g/mol. The standard InChI is InChI=1S/C25H27FN4O4S/c1-14-2-7-19(21(31)10-14)23(32)28-16-3-5-17(6-4-16)30-24(33)20-11-15(26)12-27-22(20)29(25(30)34)18-8-9-35-13-18/h2,7,10-12,16-18,31H,3-6,8-9,13H2,1H3,(H,28,32)/t16-,17+,18?. The monoisotopic (exact) mass is 498 g/mol. The van der Waals surface area contributed by atoms with Gasteiger partial charge in [0, 0.05) is 17.8 Å². The number of pyridine rings is 1. The van der Waals surface area contributed by atoms with Crippen LogP contribution in [0, 0.1) is 12.7 Å². The number of benzene rings is 1. The van der Waals surface area contributed by atoms with E-state index >= 15 is 0 Å². The van der Waals surface area contributed by atoms with Crippen LogP contribution in [-0.4, -0.2) is 42.7 Å². The molecule has 3 heterocycles. The number of thioether (sulfide) groups is 1. The Bertz CT molecular complexity index is 1410. The fourth-order valence-corrected chi connectivity index (χ4v) is 6.35. The number of aryl methyl sites for hydroxylation is 1. The van der Waals surface area contributed by atoms with Crippen molar-refractivity contribution < 1.29 is 14.3 Å². The van der Waals surface area contributed by atoms with E-state index < -0.39 is 17.1 Å². The zero-order chi connectivity index (χ0) is 24.7. The minimum absolute atomic E-state index is 0.0645. The Hall–Kier alpha value is -3.14. The molecule has 8 nitrogen and oxygen atoms in total. The van der Waals surface area contributed by atoms with Gasteiger partial charge in [0.1, 0.15) is 17.2 Å². The Morgan fingerprint density at radius 3 is 2.57 bits per heavy atom. The van der Waals surface area contributed by atoms with E-state index in [-0.39, 0.29) is 46.4 Å². The number of halogens is 1. The first-order valence-electron chi connectivity index (χ1n) is 11.8. The number of carbonyl (C=O) groups excluding carboxylic acids is 1. The molecular weight excluding hydrogens is 471 g/mol. The van der Waals surface area contributed by atoms with Gasteiger partial charge in [0.2, 0.25) is 0 Å². The number of hydrogen-bond acceptors (Lipinski definition) is 6. The zero-order valence-electron chi connectivity index (χ0n) is 19.4. The van der Waals surface area contributed by atoms with E-state index in [4.69, 9.17) is 0 Å². The van der Waals surface area contributed by atoms with Crippen molar-refractivity contribution in [3.63, 3.8) is 0 Å². The number of fused-ring (bicyclic) bond motifs is 1. The molecule has 1 aromatic carbocycles. The number of amides is 1. The molecule has 0 bridgehead atoms. The number of nitrogens with zero attached hydrogens (tertiary/aromatic N) is 3. The smallest absolute Gasteiger partial charge is 0.333 e. The van der Waals surface area contributed by atoms with Gasteiger partial charge < -0.3 is 10.4 Å². The Labute approximate surface area is 205 Å². The Morgan fingerprint density at radius 1 is 1.11 bits per heavy atom. The molecule has 1 aliphatic heterocycles.